The largest absolute Gasteiger partial charge is 0.388 e. The van der Waals surface area contributed by atoms with E-state index in [-0.39, 0.29) is 6.61 Å². The summed E-state index contributed by atoms with van der Waals surface area (Å²) in [7, 11) is 1.88. The Kier molecular flexibility index (Phi) is 5.36. The van der Waals surface area contributed by atoms with Crippen molar-refractivity contribution in [3.63, 3.8) is 0 Å². The van der Waals surface area contributed by atoms with E-state index in [0.29, 0.717) is 5.82 Å². The van der Waals surface area contributed by atoms with Crippen LogP contribution in [0.25, 0.3) is 0 Å². The lowest BCUT2D eigenvalue weighted by molar-refractivity contribution is 0.266. The summed E-state index contributed by atoms with van der Waals surface area (Å²) in [5.74, 6) is 2.85. The number of aliphatic hydroxyl groups excluding tert-OH is 1. The highest BCUT2D eigenvalue weighted by Crippen LogP contribution is 2.17. The van der Waals surface area contributed by atoms with E-state index in [1.54, 1.807) is 11.8 Å². The van der Waals surface area contributed by atoms with Gasteiger partial charge in [-0.15, -0.1) is 10.2 Å². The standard InChI is InChI=1S/C8H15N3OS2/c1-11-7(6-12)9-10-8(11)14-5-3-4-13-2/h12H,3-6H2,1-2H3. The van der Waals surface area contributed by atoms with Gasteiger partial charge in [-0.05, 0) is 18.4 Å². The summed E-state index contributed by atoms with van der Waals surface area (Å²) in [6.45, 7) is -0.0468. The van der Waals surface area contributed by atoms with Gasteiger partial charge in [0, 0.05) is 12.8 Å². The fraction of sp³-hybridized carbons (Fsp3) is 0.750. The Balaban J connectivity index is 2.39. The summed E-state index contributed by atoms with van der Waals surface area (Å²) in [6.07, 6.45) is 3.28. The predicted molar refractivity (Wildman–Crippen MR) is 60.6 cm³/mol. The molecule has 0 bridgehead atoms. The van der Waals surface area contributed by atoms with Gasteiger partial charge in [-0.2, -0.15) is 11.8 Å². The molecule has 0 saturated heterocycles. The second-order valence-electron chi connectivity index (χ2n) is 2.81. The highest BCUT2D eigenvalue weighted by Gasteiger charge is 2.06. The maximum atomic E-state index is 8.91. The van der Waals surface area contributed by atoms with E-state index in [1.165, 1.54) is 12.2 Å². The monoisotopic (exact) mass is 233 g/mol. The Morgan fingerprint density at radius 2 is 2.14 bits per heavy atom. The molecule has 0 amide bonds. The van der Waals surface area contributed by atoms with Crippen molar-refractivity contribution in [2.24, 2.45) is 7.05 Å². The first-order valence-corrected chi connectivity index (χ1v) is 6.78. The van der Waals surface area contributed by atoms with Gasteiger partial charge in [0.25, 0.3) is 0 Å². The third-order valence-electron chi connectivity index (χ3n) is 1.79. The zero-order valence-corrected chi connectivity index (χ0v) is 10.1. The number of aliphatic hydroxyl groups is 1. The van der Waals surface area contributed by atoms with Crippen LogP contribution in [0.4, 0.5) is 0 Å². The van der Waals surface area contributed by atoms with Crippen molar-refractivity contribution in [2.45, 2.75) is 18.2 Å². The van der Waals surface area contributed by atoms with Gasteiger partial charge in [-0.25, -0.2) is 0 Å². The molecule has 1 rings (SSSR count). The van der Waals surface area contributed by atoms with Gasteiger partial charge in [-0.1, -0.05) is 11.8 Å². The van der Waals surface area contributed by atoms with Gasteiger partial charge in [0.2, 0.25) is 0 Å². The van der Waals surface area contributed by atoms with E-state index in [9.17, 15) is 0 Å². The first-order valence-electron chi connectivity index (χ1n) is 4.40. The normalized spacial score (nSPS) is 10.8. The van der Waals surface area contributed by atoms with Crippen LogP contribution in [-0.2, 0) is 13.7 Å². The van der Waals surface area contributed by atoms with Crippen molar-refractivity contribution >= 4 is 23.5 Å². The lowest BCUT2D eigenvalue weighted by Crippen LogP contribution is -1.98. The summed E-state index contributed by atoms with van der Waals surface area (Å²) in [5.41, 5.74) is 0. The topological polar surface area (TPSA) is 50.9 Å². The molecule has 1 aromatic heterocycles. The lowest BCUT2D eigenvalue weighted by Gasteiger charge is -2.01. The molecule has 80 valence electrons. The molecule has 1 heterocycles. The van der Waals surface area contributed by atoms with Gasteiger partial charge >= 0.3 is 0 Å². The second kappa shape index (κ2) is 6.31. The van der Waals surface area contributed by atoms with Crippen molar-refractivity contribution in [1.82, 2.24) is 14.8 Å². The lowest BCUT2D eigenvalue weighted by atomic mass is 10.6. The minimum atomic E-state index is -0.0468. The van der Waals surface area contributed by atoms with Gasteiger partial charge in [0.15, 0.2) is 11.0 Å². The molecule has 0 aromatic carbocycles. The van der Waals surface area contributed by atoms with Gasteiger partial charge < -0.3 is 9.67 Å². The fourth-order valence-electron chi connectivity index (χ4n) is 0.975. The van der Waals surface area contributed by atoms with Crippen LogP contribution >= 0.6 is 23.5 Å². The van der Waals surface area contributed by atoms with Crippen LogP contribution < -0.4 is 0 Å². The number of nitrogens with zero attached hydrogens (tertiary/aromatic N) is 3. The molecule has 1 N–H and O–H groups in total. The van der Waals surface area contributed by atoms with Crippen molar-refractivity contribution < 1.29 is 5.11 Å². The van der Waals surface area contributed by atoms with E-state index in [1.807, 2.05) is 23.4 Å². The quantitative estimate of drug-likeness (QED) is 0.590. The number of thioether (sulfide) groups is 2. The molecule has 0 radical (unpaired) electrons. The maximum absolute atomic E-state index is 8.91. The third kappa shape index (κ3) is 3.18. The van der Waals surface area contributed by atoms with E-state index in [2.05, 4.69) is 16.5 Å². The average molecular weight is 233 g/mol. The van der Waals surface area contributed by atoms with E-state index in [4.69, 9.17) is 5.11 Å². The molecule has 0 aliphatic rings. The second-order valence-corrected chi connectivity index (χ2v) is 4.86. The molecule has 0 fully saturated rings. The van der Waals surface area contributed by atoms with Gasteiger partial charge in [0.1, 0.15) is 6.61 Å². The first-order chi connectivity index (χ1) is 6.79. The molecule has 6 heteroatoms. The average Bonchev–Trinajstić information content (AvgIpc) is 2.55. The Bertz CT molecular complexity index is 278. The molecule has 0 unspecified atom stereocenters. The van der Waals surface area contributed by atoms with Crippen molar-refractivity contribution in [1.29, 1.82) is 0 Å². The maximum Gasteiger partial charge on any atom is 0.191 e. The smallest absolute Gasteiger partial charge is 0.191 e. The van der Waals surface area contributed by atoms with Gasteiger partial charge in [-0.3, -0.25) is 0 Å². The summed E-state index contributed by atoms with van der Waals surface area (Å²) in [4.78, 5) is 0. The van der Waals surface area contributed by atoms with E-state index >= 15 is 0 Å². The van der Waals surface area contributed by atoms with Crippen LogP contribution in [0.2, 0.25) is 0 Å². The zero-order chi connectivity index (χ0) is 10.4. The van der Waals surface area contributed by atoms with E-state index < -0.39 is 0 Å². The fourth-order valence-corrected chi connectivity index (χ4v) is 2.46. The number of hydrogen-bond donors (Lipinski definition) is 1. The van der Waals surface area contributed by atoms with Crippen molar-refractivity contribution in [2.75, 3.05) is 17.8 Å². The number of aromatic nitrogens is 3. The molecule has 0 saturated carbocycles. The summed E-state index contributed by atoms with van der Waals surface area (Å²) < 4.78 is 1.84. The summed E-state index contributed by atoms with van der Waals surface area (Å²) in [6, 6.07) is 0. The molecule has 0 aliphatic carbocycles. The van der Waals surface area contributed by atoms with Crippen LogP contribution in [0.5, 0.6) is 0 Å². The number of rotatable bonds is 6. The van der Waals surface area contributed by atoms with Crippen LogP contribution in [0.15, 0.2) is 5.16 Å². The van der Waals surface area contributed by atoms with Crippen LogP contribution in [0, 0.1) is 0 Å². The number of hydrogen-bond acceptors (Lipinski definition) is 5. The van der Waals surface area contributed by atoms with Crippen LogP contribution in [0.3, 0.4) is 0 Å². The molecule has 0 spiro atoms. The molecular weight excluding hydrogens is 218 g/mol. The molecule has 0 aliphatic heterocycles. The first kappa shape index (κ1) is 11.9. The van der Waals surface area contributed by atoms with Crippen molar-refractivity contribution in [3.8, 4) is 0 Å². The van der Waals surface area contributed by atoms with Crippen LogP contribution in [-0.4, -0.2) is 37.6 Å². The van der Waals surface area contributed by atoms with Crippen molar-refractivity contribution in [3.05, 3.63) is 5.82 Å². The minimum Gasteiger partial charge on any atom is -0.388 e. The molecule has 0 atom stereocenters. The highest BCUT2D eigenvalue weighted by molar-refractivity contribution is 7.99. The van der Waals surface area contributed by atoms with Crippen LogP contribution in [0.1, 0.15) is 12.2 Å². The van der Waals surface area contributed by atoms with E-state index in [0.717, 1.165) is 10.9 Å². The Morgan fingerprint density at radius 3 is 2.71 bits per heavy atom. The SMILES string of the molecule is CSCCCSc1nnc(CO)n1C. The zero-order valence-electron chi connectivity index (χ0n) is 8.43. The Labute approximate surface area is 92.5 Å². The molecule has 14 heavy (non-hydrogen) atoms. The Morgan fingerprint density at radius 1 is 1.36 bits per heavy atom. The predicted octanol–water partition coefficient (Wildman–Crippen LogP) is 1.15. The van der Waals surface area contributed by atoms with Gasteiger partial charge in [0.05, 0.1) is 0 Å². The highest BCUT2D eigenvalue weighted by atomic mass is 32.2. The Hall–Kier alpha value is -0.200. The summed E-state index contributed by atoms with van der Waals surface area (Å²) in [5, 5.41) is 17.7. The summed E-state index contributed by atoms with van der Waals surface area (Å²) >= 11 is 3.54. The third-order valence-corrected chi connectivity index (χ3v) is 3.59. The minimum absolute atomic E-state index is 0.0468. The molecule has 1 aromatic rings. The molecule has 4 nitrogen and oxygen atoms in total. The molecular formula is C8H15N3OS2.